The molecule has 17 heavy (non-hydrogen) atoms. The SMILES string of the molecule is CCNC(c1cc(C)c(C)s1)c1ccnn1C. The maximum absolute atomic E-state index is 4.26. The van der Waals surface area contributed by atoms with E-state index in [0.29, 0.717) is 0 Å². The highest BCUT2D eigenvalue weighted by Crippen LogP contribution is 2.30. The van der Waals surface area contributed by atoms with E-state index < -0.39 is 0 Å². The summed E-state index contributed by atoms with van der Waals surface area (Å²) in [7, 11) is 1.99. The zero-order valence-corrected chi connectivity index (χ0v) is 11.6. The van der Waals surface area contributed by atoms with Gasteiger partial charge in [-0.3, -0.25) is 4.68 Å². The van der Waals surface area contributed by atoms with Crippen molar-refractivity contribution < 1.29 is 0 Å². The van der Waals surface area contributed by atoms with Crippen LogP contribution in [0.5, 0.6) is 0 Å². The zero-order chi connectivity index (χ0) is 12.4. The van der Waals surface area contributed by atoms with Crippen molar-refractivity contribution in [3.05, 3.63) is 39.3 Å². The Bertz CT molecular complexity index is 479. The van der Waals surface area contributed by atoms with E-state index in [-0.39, 0.29) is 6.04 Å². The van der Waals surface area contributed by atoms with Gasteiger partial charge in [-0.15, -0.1) is 11.3 Å². The van der Waals surface area contributed by atoms with Gasteiger partial charge in [0, 0.05) is 23.0 Å². The van der Waals surface area contributed by atoms with Gasteiger partial charge in [0.25, 0.3) is 0 Å². The molecule has 2 aromatic heterocycles. The summed E-state index contributed by atoms with van der Waals surface area (Å²) in [6, 6.07) is 4.61. The van der Waals surface area contributed by atoms with Crippen LogP contribution in [0.15, 0.2) is 18.3 Å². The second kappa shape index (κ2) is 5.02. The van der Waals surface area contributed by atoms with Crippen molar-refractivity contribution in [2.24, 2.45) is 7.05 Å². The van der Waals surface area contributed by atoms with Crippen molar-refractivity contribution >= 4 is 11.3 Å². The molecule has 2 aromatic rings. The lowest BCUT2D eigenvalue weighted by molar-refractivity contribution is 0.579. The minimum absolute atomic E-state index is 0.255. The molecule has 0 aliphatic carbocycles. The van der Waals surface area contributed by atoms with Gasteiger partial charge in [-0.2, -0.15) is 5.10 Å². The van der Waals surface area contributed by atoms with E-state index in [0.717, 1.165) is 6.54 Å². The molecule has 3 nitrogen and oxygen atoms in total. The summed E-state index contributed by atoms with van der Waals surface area (Å²) < 4.78 is 1.94. The Kier molecular flexibility index (Phi) is 3.64. The largest absolute Gasteiger partial charge is 0.305 e. The van der Waals surface area contributed by atoms with Crippen LogP contribution in [-0.2, 0) is 7.05 Å². The van der Waals surface area contributed by atoms with Gasteiger partial charge in [0.2, 0.25) is 0 Å². The van der Waals surface area contributed by atoms with E-state index in [1.807, 2.05) is 29.3 Å². The third-order valence-corrected chi connectivity index (χ3v) is 4.25. The monoisotopic (exact) mass is 249 g/mol. The summed E-state index contributed by atoms with van der Waals surface area (Å²) in [6.07, 6.45) is 1.85. The quantitative estimate of drug-likeness (QED) is 0.903. The predicted octanol–water partition coefficient (Wildman–Crippen LogP) is 2.80. The second-order valence-electron chi connectivity index (χ2n) is 4.26. The number of rotatable bonds is 4. The minimum Gasteiger partial charge on any atom is -0.305 e. The Labute approximate surface area is 106 Å². The number of thiophene rings is 1. The van der Waals surface area contributed by atoms with Crippen molar-refractivity contribution in [3.8, 4) is 0 Å². The standard InChI is InChI=1S/C13H19N3S/c1-5-14-13(11-6-7-15-16(11)4)12-8-9(2)10(3)17-12/h6-8,13-14H,5H2,1-4H3. The number of aromatic nitrogens is 2. The smallest absolute Gasteiger partial charge is 0.0841 e. The first-order valence-corrected chi connectivity index (χ1v) is 6.73. The van der Waals surface area contributed by atoms with Crippen molar-refractivity contribution in [2.75, 3.05) is 6.54 Å². The molecule has 0 radical (unpaired) electrons. The van der Waals surface area contributed by atoms with Crippen LogP contribution in [0.4, 0.5) is 0 Å². The minimum atomic E-state index is 0.255. The van der Waals surface area contributed by atoms with Gasteiger partial charge in [0.1, 0.15) is 0 Å². The van der Waals surface area contributed by atoms with E-state index in [2.05, 4.69) is 43.3 Å². The molecule has 1 unspecified atom stereocenters. The van der Waals surface area contributed by atoms with E-state index >= 15 is 0 Å². The highest BCUT2D eigenvalue weighted by atomic mass is 32.1. The van der Waals surface area contributed by atoms with Gasteiger partial charge >= 0.3 is 0 Å². The molecule has 1 N–H and O–H groups in total. The first kappa shape index (κ1) is 12.3. The molecule has 0 aliphatic rings. The number of nitrogens with one attached hydrogen (secondary N) is 1. The normalized spacial score (nSPS) is 12.9. The molecule has 2 heterocycles. The van der Waals surface area contributed by atoms with Gasteiger partial charge in [-0.1, -0.05) is 6.92 Å². The zero-order valence-electron chi connectivity index (χ0n) is 10.8. The molecule has 0 amide bonds. The van der Waals surface area contributed by atoms with Crippen molar-refractivity contribution in [2.45, 2.75) is 26.8 Å². The second-order valence-corrected chi connectivity index (χ2v) is 5.55. The molecule has 4 heteroatoms. The van der Waals surface area contributed by atoms with Crippen molar-refractivity contribution in [3.63, 3.8) is 0 Å². The lowest BCUT2D eigenvalue weighted by atomic mass is 10.1. The predicted molar refractivity (Wildman–Crippen MR) is 72.5 cm³/mol. The molecule has 0 saturated heterocycles. The number of hydrogen-bond donors (Lipinski definition) is 1. The molecule has 0 fully saturated rings. The molecular formula is C13H19N3S. The Balaban J connectivity index is 2.39. The van der Waals surface area contributed by atoms with Crippen LogP contribution < -0.4 is 5.32 Å². The first-order valence-electron chi connectivity index (χ1n) is 5.91. The summed E-state index contributed by atoms with van der Waals surface area (Å²) in [6.45, 7) is 7.43. The highest BCUT2D eigenvalue weighted by Gasteiger charge is 2.18. The summed E-state index contributed by atoms with van der Waals surface area (Å²) in [5.74, 6) is 0. The van der Waals surface area contributed by atoms with E-state index in [1.165, 1.54) is 21.0 Å². The van der Waals surface area contributed by atoms with Crippen LogP contribution >= 0.6 is 11.3 Å². The lowest BCUT2D eigenvalue weighted by Gasteiger charge is -2.16. The third kappa shape index (κ3) is 2.42. The third-order valence-electron chi connectivity index (χ3n) is 3.03. The van der Waals surface area contributed by atoms with Crippen molar-refractivity contribution in [1.29, 1.82) is 0 Å². The first-order chi connectivity index (χ1) is 8.13. The topological polar surface area (TPSA) is 29.9 Å². The van der Waals surface area contributed by atoms with Crippen LogP contribution in [0.25, 0.3) is 0 Å². The fourth-order valence-electron chi connectivity index (χ4n) is 1.97. The number of hydrogen-bond acceptors (Lipinski definition) is 3. The Hall–Kier alpha value is -1.13. The van der Waals surface area contributed by atoms with Crippen LogP contribution in [0.1, 0.15) is 34.0 Å². The van der Waals surface area contributed by atoms with Crippen molar-refractivity contribution in [1.82, 2.24) is 15.1 Å². The maximum Gasteiger partial charge on any atom is 0.0841 e. The van der Waals surface area contributed by atoms with E-state index in [1.54, 1.807) is 0 Å². The molecule has 0 spiro atoms. The average Bonchev–Trinajstić information content (AvgIpc) is 2.83. The summed E-state index contributed by atoms with van der Waals surface area (Å²) in [5.41, 5.74) is 2.59. The number of nitrogens with zero attached hydrogens (tertiary/aromatic N) is 2. The Morgan fingerprint density at radius 1 is 1.47 bits per heavy atom. The molecule has 0 aliphatic heterocycles. The van der Waals surface area contributed by atoms with E-state index in [4.69, 9.17) is 0 Å². The fourth-order valence-corrected chi connectivity index (χ4v) is 3.10. The summed E-state index contributed by atoms with van der Waals surface area (Å²) >= 11 is 1.87. The maximum atomic E-state index is 4.26. The van der Waals surface area contributed by atoms with Crippen LogP contribution in [0.2, 0.25) is 0 Å². The summed E-state index contributed by atoms with van der Waals surface area (Å²) in [5, 5.41) is 7.79. The molecule has 1 atom stereocenters. The molecule has 0 bridgehead atoms. The molecule has 92 valence electrons. The molecule has 0 saturated carbocycles. The van der Waals surface area contributed by atoms with Crippen LogP contribution in [-0.4, -0.2) is 16.3 Å². The van der Waals surface area contributed by atoms with Crippen LogP contribution in [0.3, 0.4) is 0 Å². The highest BCUT2D eigenvalue weighted by molar-refractivity contribution is 7.12. The Morgan fingerprint density at radius 2 is 2.24 bits per heavy atom. The van der Waals surface area contributed by atoms with Gasteiger partial charge < -0.3 is 5.32 Å². The van der Waals surface area contributed by atoms with Gasteiger partial charge in [-0.05, 0) is 38.1 Å². The molecule has 0 aromatic carbocycles. The van der Waals surface area contributed by atoms with E-state index in [9.17, 15) is 0 Å². The Morgan fingerprint density at radius 3 is 2.71 bits per heavy atom. The number of aryl methyl sites for hydroxylation is 3. The fraction of sp³-hybridized carbons (Fsp3) is 0.462. The average molecular weight is 249 g/mol. The van der Waals surface area contributed by atoms with Crippen LogP contribution in [0, 0.1) is 13.8 Å². The summed E-state index contributed by atoms with van der Waals surface area (Å²) in [4.78, 5) is 2.76. The van der Waals surface area contributed by atoms with Gasteiger partial charge in [0.05, 0.1) is 11.7 Å². The lowest BCUT2D eigenvalue weighted by Crippen LogP contribution is -2.23. The van der Waals surface area contributed by atoms with Gasteiger partial charge in [-0.25, -0.2) is 0 Å². The van der Waals surface area contributed by atoms with Gasteiger partial charge in [0.15, 0.2) is 0 Å². The molecule has 2 rings (SSSR count). The molecular weight excluding hydrogens is 230 g/mol.